The number of furan rings is 1. The third kappa shape index (κ3) is 5.59. The van der Waals surface area contributed by atoms with Gasteiger partial charge in [0.15, 0.2) is 5.82 Å². The number of hydrogen-bond acceptors (Lipinski definition) is 3. The first-order chi connectivity index (χ1) is 30.8. The van der Waals surface area contributed by atoms with E-state index in [1.165, 1.54) is 33.4 Å². The molecule has 0 aliphatic heterocycles. The van der Waals surface area contributed by atoms with Crippen LogP contribution in [0, 0.1) is 0 Å². The quantitative estimate of drug-likeness (QED) is 0.161. The van der Waals surface area contributed by atoms with Crippen LogP contribution in [0.2, 0.25) is 0 Å². The summed E-state index contributed by atoms with van der Waals surface area (Å²) in [4.78, 5) is 10.7. The van der Waals surface area contributed by atoms with Crippen molar-refractivity contribution in [1.82, 2.24) is 9.97 Å². The van der Waals surface area contributed by atoms with Gasteiger partial charge in [-0.2, -0.15) is 0 Å². The van der Waals surface area contributed by atoms with Gasteiger partial charge in [-0.05, 0) is 79.9 Å². The molecule has 0 saturated carbocycles. The molecule has 3 nitrogen and oxygen atoms in total. The van der Waals surface area contributed by atoms with Gasteiger partial charge in [0.2, 0.25) is 0 Å². The standard InChI is InChI=1S/C59H38N2O/c1-3-19-39(20-4-1)58-60-54(47-28-9-7-23-42(47)40-35-36-57-50(37-40)49-30-14-18-34-56(49)62-57)38-55(61-58)48-29-10-8-24-43(48)44-25-11-15-31-51(44)59(41-21-5-2-6-22-41)52-32-16-12-26-45(52)46-27-13-17-33-53(46)59/h1-38H. The van der Waals surface area contributed by atoms with E-state index in [9.17, 15) is 0 Å². The Kier molecular flexibility index (Phi) is 8.39. The van der Waals surface area contributed by atoms with Crippen molar-refractivity contribution in [1.29, 1.82) is 0 Å². The molecule has 0 atom stereocenters. The zero-order chi connectivity index (χ0) is 41.0. The number of hydrogen-bond donors (Lipinski definition) is 0. The molecule has 0 spiro atoms. The molecule has 0 radical (unpaired) electrons. The van der Waals surface area contributed by atoms with Crippen LogP contribution in [-0.2, 0) is 5.41 Å². The summed E-state index contributed by atoms with van der Waals surface area (Å²) in [6.07, 6.45) is 0. The Labute approximate surface area is 360 Å². The summed E-state index contributed by atoms with van der Waals surface area (Å²) < 4.78 is 6.22. The van der Waals surface area contributed by atoms with E-state index in [1.807, 2.05) is 30.3 Å². The van der Waals surface area contributed by atoms with Crippen molar-refractivity contribution >= 4 is 21.9 Å². The van der Waals surface area contributed by atoms with E-state index in [-0.39, 0.29) is 0 Å². The van der Waals surface area contributed by atoms with E-state index in [4.69, 9.17) is 14.4 Å². The fourth-order valence-electron chi connectivity index (χ4n) is 9.96. The van der Waals surface area contributed by atoms with Gasteiger partial charge in [0.1, 0.15) is 11.2 Å². The fraction of sp³-hybridized carbons (Fsp3) is 0.0169. The number of aromatic nitrogens is 2. The fourth-order valence-corrected chi connectivity index (χ4v) is 9.96. The van der Waals surface area contributed by atoms with Crippen LogP contribution in [0.5, 0.6) is 0 Å². The normalized spacial score (nSPS) is 12.6. The van der Waals surface area contributed by atoms with Crippen molar-refractivity contribution in [3.05, 3.63) is 253 Å². The molecule has 3 heteroatoms. The number of benzene rings is 9. The maximum atomic E-state index is 6.22. The Bertz CT molecular complexity index is 3430. The molecule has 0 unspecified atom stereocenters. The van der Waals surface area contributed by atoms with Gasteiger partial charge in [-0.15, -0.1) is 0 Å². The Morgan fingerprint density at radius 2 is 0.758 bits per heavy atom. The lowest BCUT2D eigenvalue weighted by Crippen LogP contribution is -2.29. The molecule has 1 aliphatic carbocycles. The van der Waals surface area contributed by atoms with Gasteiger partial charge in [0.05, 0.1) is 16.8 Å². The van der Waals surface area contributed by atoms with Gasteiger partial charge in [-0.3, -0.25) is 0 Å². The molecule has 62 heavy (non-hydrogen) atoms. The molecular formula is C59H38N2O. The van der Waals surface area contributed by atoms with Crippen LogP contribution in [0.3, 0.4) is 0 Å². The summed E-state index contributed by atoms with van der Waals surface area (Å²) in [5.74, 6) is 0.673. The van der Waals surface area contributed by atoms with Crippen LogP contribution in [0.15, 0.2) is 235 Å². The van der Waals surface area contributed by atoms with Crippen LogP contribution >= 0.6 is 0 Å². The minimum atomic E-state index is -0.565. The van der Waals surface area contributed by atoms with E-state index in [1.54, 1.807) is 0 Å². The highest BCUT2D eigenvalue weighted by Crippen LogP contribution is 2.58. The molecule has 0 amide bonds. The second-order valence-electron chi connectivity index (χ2n) is 16.0. The molecule has 2 aromatic heterocycles. The van der Waals surface area contributed by atoms with Crippen molar-refractivity contribution in [2.45, 2.75) is 5.41 Å². The second kappa shape index (κ2) is 14.5. The van der Waals surface area contributed by atoms with Crippen molar-refractivity contribution in [3.8, 4) is 67.3 Å². The van der Waals surface area contributed by atoms with Gasteiger partial charge in [-0.25, -0.2) is 9.97 Å². The molecule has 0 bridgehead atoms. The van der Waals surface area contributed by atoms with Crippen molar-refractivity contribution in [2.24, 2.45) is 0 Å². The number of nitrogens with zero attached hydrogens (tertiary/aromatic N) is 2. The van der Waals surface area contributed by atoms with E-state index in [0.717, 1.165) is 72.3 Å². The Balaban J connectivity index is 1.08. The van der Waals surface area contributed by atoms with Crippen LogP contribution in [0.25, 0.3) is 89.2 Å². The lowest BCUT2D eigenvalue weighted by molar-refractivity contribution is 0.669. The summed E-state index contributed by atoms with van der Waals surface area (Å²) in [7, 11) is 0. The van der Waals surface area contributed by atoms with Gasteiger partial charge in [-0.1, -0.05) is 206 Å². The molecule has 290 valence electrons. The Morgan fingerprint density at radius 1 is 0.306 bits per heavy atom. The number of para-hydroxylation sites is 1. The maximum Gasteiger partial charge on any atom is 0.160 e. The second-order valence-corrected chi connectivity index (χ2v) is 16.0. The molecule has 2 heterocycles. The molecule has 12 rings (SSSR count). The maximum absolute atomic E-state index is 6.22. The van der Waals surface area contributed by atoms with Crippen LogP contribution < -0.4 is 0 Å². The molecule has 0 N–H and O–H groups in total. The first-order valence-electron chi connectivity index (χ1n) is 21.2. The summed E-state index contributed by atoms with van der Waals surface area (Å²) in [6.45, 7) is 0. The largest absolute Gasteiger partial charge is 0.456 e. The first kappa shape index (κ1) is 35.8. The summed E-state index contributed by atoms with van der Waals surface area (Å²) in [5.41, 5.74) is 17.9. The predicted octanol–water partition coefficient (Wildman–Crippen LogP) is 15.1. The van der Waals surface area contributed by atoms with Crippen molar-refractivity contribution < 1.29 is 4.42 Å². The van der Waals surface area contributed by atoms with Gasteiger partial charge < -0.3 is 4.42 Å². The highest BCUT2D eigenvalue weighted by atomic mass is 16.3. The lowest BCUT2D eigenvalue weighted by atomic mass is 9.65. The number of fused-ring (bicyclic) bond motifs is 6. The minimum absolute atomic E-state index is 0.565. The van der Waals surface area contributed by atoms with Crippen molar-refractivity contribution in [3.63, 3.8) is 0 Å². The monoisotopic (exact) mass is 790 g/mol. The summed E-state index contributed by atoms with van der Waals surface area (Å²) in [6, 6.07) is 82.3. The molecule has 1 aliphatic rings. The molecule has 11 aromatic rings. The zero-order valence-corrected chi connectivity index (χ0v) is 33.7. The minimum Gasteiger partial charge on any atom is -0.456 e. The SMILES string of the molecule is c1ccc(-c2nc(-c3ccccc3-c3ccc4oc5ccccc5c4c3)cc(-c3ccccc3-c3ccccc3C3(c4ccccc4)c4ccccc4-c4ccccc43)n2)cc1. The summed E-state index contributed by atoms with van der Waals surface area (Å²) in [5, 5.41) is 2.20. The van der Waals surface area contributed by atoms with Gasteiger partial charge in [0, 0.05) is 27.5 Å². The Morgan fingerprint density at radius 3 is 1.39 bits per heavy atom. The number of rotatable bonds is 7. The topological polar surface area (TPSA) is 38.9 Å². The average Bonchev–Trinajstić information content (AvgIpc) is 3.88. The molecule has 0 fully saturated rings. The smallest absolute Gasteiger partial charge is 0.160 e. The van der Waals surface area contributed by atoms with E-state index in [0.29, 0.717) is 5.82 Å². The van der Waals surface area contributed by atoms with E-state index < -0.39 is 5.41 Å². The van der Waals surface area contributed by atoms with Gasteiger partial charge in [0.25, 0.3) is 0 Å². The van der Waals surface area contributed by atoms with E-state index in [2.05, 4.69) is 200 Å². The highest BCUT2D eigenvalue weighted by Gasteiger charge is 2.47. The molecule has 9 aromatic carbocycles. The average molecular weight is 791 g/mol. The van der Waals surface area contributed by atoms with Gasteiger partial charge >= 0.3 is 0 Å². The molecular weight excluding hydrogens is 753 g/mol. The van der Waals surface area contributed by atoms with Crippen molar-refractivity contribution in [2.75, 3.05) is 0 Å². The van der Waals surface area contributed by atoms with Crippen LogP contribution in [0.1, 0.15) is 22.3 Å². The third-order valence-electron chi connectivity index (χ3n) is 12.6. The third-order valence-corrected chi connectivity index (χ3v) is 12.6. The first-order valence-corrected chi connectivity index (χ1v) is 21.2. The van der Waals surface area contributed by atoms with Crippen LogP contribution in [-0.4, -0.2) is 9.97 Å². The predicted molar refractivity (Wildman–Crippen MR) is 254 cm³/mol. The summed E-state index contributed by atoms with van der Waals surface area (Å²) >= 11 is 0. The zero-order valence-electron chi connectivity index (χ0n) is 33.7. The van der Waals surface area contributed by atoms with E-state index >= 15 is 0 Å². The highest BCUT2D eigenvalue weighted by molar-refractivity contribution is 6.06. The molecule has 0 saturated heterocycles. The van der Waals surface area contributed by atoms with Crippen LogP contribution in [0.4, 0.5) is 0 Å². The lowest BCUT2D eigenvalue weighted by Gasteiger charge is -2.35. The Hall–Kier alpha value is -8.14.